The molecule has 2 amide bonds. The molecule has 3 rings (SSSR count). The Morgan fingerprint density at radius 1 is 1.24 bits per heavy atom. The lowest BCUT2D eigenvalue weighted by Gasteiger charge is -2.19. The second-order valence-electron chi connectivity index (χ2n) is 5.77. The average Bonchev–Trinajstić information content (AvgIpc) is 3.28. The van der Waals surface area contributed by atoms with Gasteiger partial charge in [-0.25, -0.2) is 9.78 Å². The number of nitrogens with zero attached hydrogens (tertiary/aromatic N) is 2. The van der Waals surface area contributed by atoms with Gasteiger partial charge in [0.25, 0.3) is 5.91 Å². The molecule has 0 saturated carbocycles. The summed E-state index contributed by atoms with van der Waals surface area (Å²) in [5.74, 6) is -0.866. The number of halogens is 6. The zero-order valence-corrected chi connectivity index (χ0v) is 14.8. The van der Waals surface area contributed by atoms with E-state index in [4.69, 9.17) is 4.74 Å². The van der Waals surface area contributed by atoms with Crippen molar-refractivity contribution < 1.29 is 40.7 Å². The Morgan fingerprint density at radius 2 is 1.97 bits per heavy atom. The lowest BCUT2D eigenvalue weighted by Crippen LogP contribution is -2.39. The molecule has 156 valence electrons. The van der Waals surface area contributed by atoms with Crippen LogP contribution in [0.4, 0.5) is 31.1 Å². The first-order chi connectivity index (χ1) is 13.4. The van der Waals surface area contributed by atoms with Gasteiger partial charge in [-0.2, -0.15) is 26.3 Å². The van der Waals surface area contributed by atoms with Crippen molar-refractivity contribution in [3.63, 3.8) is 0 Å². The van der Waals surface area contributed by atoms with E-state index in [2.05, 4.69) is 20.6 Å². The molecule has 2 N–H and O–H groups in total. The third-order valence-electron chi connectivity index (χ3n) is 3.73. The molecule has 1 aliphatic heterocycles. The van der Waals surface area contributed by atoms with Crippen LogP contribution in [0.1, 0.15) is 28.0 Å². The van der Waals surface area contributed by atoms with Crippen molar-refractivity contribution in [1.82, 2.24) is 20.6 Å². The molecule has 7 nitrogen and oxygen atoms in total. The van der Waals surface area contributed by atoms with Crippen LogP contribution in [0.5, 0.6) is 0 Å². The topological polar surface area (TPSA) is 93.2 Å². The van der Waals surface area contributed by atoms with Crippen LogP contribution >= 0.6 is 11.3 Å². The Kier molecular flexibility index (Phi) is 5.38. The highest BCUT2D eigenvalue weighted by atomic mass is 32.1. The van der Waals surface area contributed by atoms with E-state index < -0.39 is 47.2 Å². The monoisotopic (exact) mass is 440 g/mol. The summed E-state index contributed by atoms with van der Waals surface area (Å²) in [6, 6.07) is 0.249. The van der Waals surface area contributed by atoms with E-state index in [1.54, 1.807) is 0 Å². The third kappa shape index (κ3) is 4.75. The largest absolute Gasteiger partial charge is 0.443 e. The fraction of sp³-hybridized carbons (Fsp3) is 0.333. The van der Waals surface area contributed by atoms with Gasteiger partial charge < -0.3 is 15.4 Å². The summed E-state index contributed by atoms with van der Waals surface area (Å²) in [5, 5.41) is 4.39. The third-order valence-corrected chi connectivity index (χ3v) is 4.64. The molecule has 14 heteroatoms. The van der Waals surface area contributed by atoms with E-state index in [-0.39, 0.29) is 29.1 Å². The van der Waals surface area contributed by atoms with Crippen LogP contribution < -0.4 is 10.6 Å². The molecule has 2 aromatic heterocycles. The summed E-state index contributed by atoms with van der Waals surface area (Å²) in [4.78, 5) is 30.0. The van der Waals surface area contributed by atoms with E-state index in [0.29, 0.717) is 6.07 Å². The second-order valence-corrected chi connectivity index (χ2v) is 6.62. The van der Waals surface area contributed by atoms with Gasteiger partial charge in [-0.05, 0) is 11.6 Å². The maximum Gasteiger partial charge on any atom is 0.443 e. The zero-order valence-electron chi connectivity index (χ0n) is 14.0. The van der Waals surface area contributed by atoms with Gasteiger partial charge in [0.15, 0.2) is 11.1 Å². The number of ether oxygens (including phenoxy) is 1. The summed E-state index contributed by atoms with van der Waals surface area (Å²) in [6.07, 6.45) is -10.8. The van der Waals surface area contributed by atoms with Crippen molar-refractivity contribution in [2.24, 2.45) is 0 Å². The highest BCUT2D eigenvalue weighted by Crippen LogP contribution is 2.35. The molecule has 0 spiro atoms. The Hall–Kier alpha value is -2.90. The van der Waals surface area contributed by atoms with E-state index >= 15 is 0 Å². The van der Waals surface area contributed by atoms with Crippen molar-refractivity contribution in [2.45, 2.75) is 24.5 Å². The number of hydrogen-bond acceptors (Lipinski definition) is 6. The SMILES string of the molecule is O=C1NCC(C(=O)NC(c2ccc(C(F)(F)F)nc2)c2csc(C(F)(F)F)n2)O1. The fourth-order valence-corrected chi connectivity index (χ4v) is 3.10. The van der Waals surface area contributed by atoms with Gasteiger partial charge in [-0.1, -0.05) is 6.07 Å². The molecular weight excluding hydrogens is 430 g/mol. The minimum Gasteiger partial charge on any atom is -0.434 e. The summed E-state index contributed by atoms with van der Waals surface area (Å²) in [7, 11) is 0. The minimum absolute atomic E-state index is 0.0392. The predicted octanol–water partition coefficient (Wildman–Crippen LogP) is 2.89. The summed E-state index contributed by atoms with van der Waals surface area (Å²) in [6.45, 7) is -0.173. The standard InChI is InChI=1S/C15H10F6N4O3S/c16-14(17,18)9-2-1-6(3-22-9)10(7-5-29-12(24-7)15(19,20)21)25-11(26)8-4-23-13(27)28-8/h1-3,5,8,10H,4H2,(H,23,27)(H,25,26). The molecule has 1 saturated heterocycles. The van der Waals surface area contributed by atoms with Crippen LogP contribution in [-0.4, -0.2) is 34.6 Å². The molecule has 0 aliphatic carbocycles. The first-order valence-corrected chi connectivity index (χ1v) is 8.64. The number of nitrogens with one attached hydrogen (secondary N) is 2. The normalized spacial score (nSPS) is 18.1. The van der Waals surface area contributed by atoms with Gasteiger partial charge in [-0.15, -0.1) is 11.3 Å². The van der Waals surface area contributed by atoms with Crippen molar-refractivity contribution in [3.05, 3.63) is 45.7 Å². The highest BCUT2D eigenvalue weighted by molar-refractivity contribution is 7.09. The maximum atomic E-state index is 12.9. The van der Waals surface area contributed by atoms with Crippen molar-refractivity contribution in [2.75, 3.05) is 6.54 Å². The quantitative estimate of drug-likeness (QED) is 0.714. The van der Waals surface area contributed by atoms with Gasteiger partial charge in [0, 0.05) is 11.6 Å². The average molecular weight is 440 g/mol. The fourth-order valence-electron chi connectivity index (χ4n) is 2.39. The number of aromatic nitrogens is 2. The molecule has 0 radical (unpaired) electrons. The Labute approximate surface area is 162 Å². The molecule has 1 aliphatic rings. The number of carbonyl (C=O) groups excluding carboxylic acids is 2. The lowest BCUT2D eigenvalue weighted by molar-refractivity contribution is -0.141. The Bertz CT molecular complexity index is 912. The molecule has 2 unspecified atom stereocenters. The summed E-state index contributed by atoms with van der Waals surface area (Å²) in [5.41, 5.74) is -1.51. The van der Waals surface area contributed by atoms with Crippen molar-refractivity contribution in [1.29, 1.82) is 0 Å². The number of pyridine rings is 1. The van der Waals surface area contributed by atoms with Crippen LogP contribution in [0.3, 0.4) is 0 Å². The zero-order chi connectivity index (χ0) is 21.4. The number of carbonyl (C=O) groups is 2. The number of hydrogen-bond donors (Lipinski definition) is 2. The first-order valence-electron chi connectivity index (χ1n) is 7.76. The predicted molar refractivity (Wildman–Crippen MR) is 84.6 cm³/mol. The minimum atomic E-state index is -4.74. The van der Waals surface area contributed by atoms with Crippen LogP contribution in [0.25, 0.3) is 0 Å². The number of cyclic esters (lactones) is 1. The number of alkyl carbamates (subject to hydrolysis) is 1. The van der Waals surface area contributed by atoms with Gasteiger partial charge in [0.2, 0.25) is 0 Å². The maximum absolute atomic E-state index is 12.9. The molecule has 2 atom stereocenters. The molecule has 1 fully saturated rings. The highest BCUT2D eigenvalue weighted by Gasteiger charge is 2.37. The molecule has 3 heterocycles. The van der Waals surface area contributed by atoms with E-state index in [9.17, 15) is 35.9 Å². The number of alkyl halides is 6. The van der Waals surface area contributed by atoms with Crippen molar-refractivity contribution >= 4 is 23.3 Å². The second kappa shape index (κ2) is 7.50. The number of thiazole rings is 1. The Balaban J connectivity index is 1.92. The Morgan fingerprint density at radius 3 is 2.45 bits per heavy atom. The molecular formula is C15H10F6N4O3S. The molecule has 2 aromatic rings. The summed E-state index contributed by atoms with van der Waals surface area (Å²) >= 11 is 0.261. The van der Waals surface area contributed by atoms with Gasteiger partial charge >= 0.3 is 18.4 Å². The van der Waals surface area contributed by atoms with E-state index in [1.165, 1.54) is 0 Å². The van der Waals surface area contributed by atoms with Crippen LogP contribution in [0.15, 0.2) is 23.7 Å². The van der Waals surface area contributed by atoms with Gasteiger partial charge in [0.1, 0.15) is 5.69 Å². The lowest BCUT2D eigenvalue weighted by atomic mass is 10.1. The summed E-state index contributed by atoms with van der Waals surface area (Å²) < 4.78 is 81.4. The first kappa shape index (κ1) is 20.8. The van der Waals surface area contributed by atoms with Gasteiger partial charge in [-0.3, -0.25) is 9.78 Å². The molecule has 0 bridgehead atoms. The van der Waals surface area contributed by atoms with E-state index in [1.807, 2.05) is 0 Å². The number of rotatable bonds is 4. The molecule has 29 heavy (non-hydrogen) atoms. The van der Waals surface area contributed by atoms with Crippen LogP contribution in [0.2, 0.25) is 0 Å². The van der Waals surface area contributed by atoms with Crippen LogP contribution in [-0.2, 0) is 21.9 Å². The number of amides is 2. The smallest absolute Gasteiger partial charge is 0.434 e. The van der Waals surface area contributed by atoms with Crippen molar-refractivity contribution in [3.8, 4) is 0 Å². The van der Waals surface area contributed by atoms with Crippen LogP contribution in [0, 0.1) is 0 Å². The van der Waals surface area contributed by atoms with Gasteiger partial charge in [0.05, 0.1) is 18.3 Å². The molecule has 0 aromatic carbocycles. The van der Waals surface area contributed by atoms with E-state index in [0.717, 1.165) is 17.6 Å².